The summed E-state index contributed by atoms with van der Waals surface area (Å²) in [5, 5.41) is 20.1. The Kier molecular flexibility index (Phi) is 4.42. The van der Waals surface area contributed by atoms with E-state index in [1.807, 2.05) is 43.3 Å². The molecule has 5 rings (SSSR count). The number of amides is 1. The molecule has 0 fully saturated rings. The van der Waals surface area contributed by atoms with E-state index in [9.17, 15) is 4.79 Å². The third-order valence-electron chi connectivity index (χ3n) is 5.22. The van der Waals surface area contributed by atoms with E-state index < -0.39 is 0 Å². The van der Waals surface area contributed by atoms with Crippen molar-refractivity contribution in [1.82, 2.24) is 29.6 Å². The van der Waals surface area contributed by atoms with Crippen molar-refractivity contribution >= 4 is 17.4 Å². The highest BCUT2D eigenvalue weighted by atomic mass is 16.5. The predicted molar refractivity (Wildman–Crippen MR) is 110 cm³/mol. The number of anilines is 1. The van der Waals surface area contributed by atoms with Crippen molar-refractivity contribution in [3.05, 3.63) is 59.5 Å². The van der Waals surface area contributed by atoms with Gasteiger partial charge in [-0.2, -0.15) is 14.3 Å². The van der Waals surface area contributed by atoms with Gasteiger partial charge in [-0.25, -0.2) is 0 Å². The normalized spacial score (nSPS) is 15.8. The first-order valence-electron chi connectivity index (χ1n) is 9.94. The number of hydrogen-bond donors (Lipinski definition) is 1. The molecule has 0 saturated carbocycles. The average molecular weight is 403 g/mol. The van der Waals surface area contributed by atoms with Crippen LogP contribution in [0.4, 0.5) is 5.82 Å². The fraction of sp³-hybridized carbons (Fsp3) is 0.286. The summed E-state index contributed by atoms with van der Waals surface area (Å²) in [5.41, 5.74) is 3.45. The molecule has 1 aromatic carbocycles. The lowest BCUT2D eigenvalue weighted by Crippen LogP contribution is -2.25. The number of hydrogen-bond acceptors (Lipinski definition) is 6. The number of ether oxygens (including phenoxy) is 1. The van der Waals surface area contributed by atoms with Gasteiger partial charge in [0, 0.05) is 23.5 Å². The number of para-hydroxylation sites is 1. The van der Waals surface area contributed by atoms with E-state index in [2.05, 4.69) is 27.5 Å². The first-order chi connectivity index (χ1) is 14.7. The Morgan fingerprint density at radius 1 is 1.20 bits per heavy atom. The molecule has 4 heterocycles. The monoisotopic (exact) mass is 403 g/mol. The highest BCUT2D eigenvalue weighted by Gasteiger charge is 2.34. The van der Waals surface area contributed by atoms with Crippen LogP contribution in [0, 0.1) is 6.92 Å². The van der Waals surface area contributed by atoms with E-state index in [1.54, 1.807) is 9.20 Å². The minimum Gasteiger partial charge on any atom is -0.493 e. The van der Waals surface area contributed by atoms with E-state index in [0.717, 1.165) is 29.0 Å². The fourth-order valence-electron chi connectivity index (χ4n) is 3.92. The molecule has 0 saturated heterocycles. The Balaban J connectivity index is 1.64. The van der Waals surface area contributed by atoms with Gasteiger partial charge in [0.1, 0.15) is 17.9 Å². The molecule has 1 aliphatic rings. The first-order valence-corrected chi connectivity index (χ1v) is 9.94. The lowest BCUT2D eigenvalue weighted by atomic mass is 9.85. The number of aromatic nitrogens is 6. The number of benzene rings is 1. The van der Waals surface area contributed by atoms with Crippen molar-refractivity contribution in [3.63, 3.8) is 0 Å². The van der Waals surface area contributed by atoms with Gasteiger partial charge < -0.3 is 10.1 Å². The van der Waals surface area contributed by atoms with Crippen molar-refractivity contribution in [2.45, 2.75) is 32.6 Å². The molecule has 0 aliphatic carbocycles. The molecular weight excluding hydrogens is 382 g/mol. The smallest absolute Gasteiger partial charge is 0.226 e. The highest BCUT2D eigenvalue weighted by molar-refractivity contribution is 5.95. The van der Waals surface area contributed by atoms with Crippen LogP contribution in [0.15, 0.2) is 42.7 Å². The first kappa shape index (κ1) is 18.3. The minimum absolute atomic E-state index is 0.0654. The molecule has 1 aliphatic heterocycles. The summed E-state index contributed by atoms with van der Waals surface area (Å²) in [7, 11) is 0. The van der Waals surface area contributed by atoms with Gasteiger partial charge in [0.2, 0.25) is 5.91 Å². The maximum atomic E-state index is 12.7. The largest absolute Gasteiger partial charge is 0.493 e. The Bertz CT molecular complexity index is 1240. The van der Waals surface area contributed by atoms with Crippen molar-refractivity contribution in [3.8, 4) is 11.6 Å². The second kappa shape index (κ2) is 7.25. The summed E-state index contributed by atoms with van der Waals surface area (Å²) in [6, 6.07) is 11.5. The molecule has 0 bridgehead atoms. The van der Waals surface area contributed by atoms with Gasteiger partial charge in [0.25, 0.3) is 0 Å². The van der Waals surface area contributed by atoms with Crippen molar-refractivity contribution in [1.29, 1.82) is 0 Å². The Morgan fingerprint density at radius 2 is 2.07 bits per heavy atom. The number of fused-ring (bicyclic) bond motifs is 2. The topological polar surface area (TPSA) is 99.2 Å². The van der Waals surface area contributed by atoms with E-state index in [0.29, 0.717) is 30.3 Å². The molecule has 152 valence electrons. The molecule has 9 nitrogen and oxygen atoms in total. The number of rotatable bonds is 5. The quantitative estimate of drug-likeness (QED) is 0.550. The van der Waals surface area contributed by atoms with Crippen molar-refractivity contribution in [2.75, 3.05) is 11.9 Å². The fourth-order valence-corrected chi connectivity index (χ4v) is 3.92. The number of aryl methyl sites for hydroxylation is 1. The third kappa shape index (κ3) is 2.99. The summed E-state index contributed by atoms with van der Waals surface area (Å²) < 4.78 is 9.22. The lowest BCUT2D eigenvalue weighted by molar-refractivity contribution is -0.116. The zero-order chi connectivity index (χ0) is 20.7. The van der Waals surface area contributed by atoms with Gasteiger partial charge in [-0.1, -0.05) is 25.1 Å². The predicted octanol–water partition coefficient (Wildman–Crippen LogP) is 2.88. The van der Waals surface area contributed by atoms with Crippen LogP contribution in [0.1, 0.15) is 42.5 Å². The summed E-state index contributed by atoms with van der Waals surface area (Å²) in [6.45, 7) is 4.65. The minimum atomic E-state index is -0.144. The second-order valence-electron chi connectivity index (χ2n) is 7.28. The van der Waals surface area contributed by atoms with E-state index in [-0.39, 0.29) is 11.8 Å². The molecule has 1 amide bonds. The highest BCUT2D eigenvalue weighted by Crippen LogP contribution is 2.42. The Morgan fingerprint density at radius 3 is 2.93 bits per heavy atom. The lowest BCUT2D eigenvalue weighted by Gasteiger charge is -2.25. The zero-order valence-corrected chi connectivity index (χ0v) is 16.7. The van der Waals surface area contributed by atoms with Crippen LogP contribution in [0.3, 0.4) is 0 Å². The number of carbonyl (C=O) groups is 1. The maximum Gasteiger partial charge on any atom is 0.226 e. The molecule has 0 spiro atoms. The Labute approximate surface area is 172 Å². The molecule has 3 aromatic heterocycles. The van der Waals surface area contributed by atoms with Crippen molar-refractivity contribution < 1.29 is 9.53 Å². The van der Waals surface area contributed by atoms with Crippen LogP contribution in [-0.4, -0.2) is 42.1 Å². The molecule has 1 atom stereocenters. The van der Waals surface area contributed by atoms with Gasteiger partial charge in [0.05, 0.1) is 12.3 Å². The van der Waals surface area contributed by atoms with Gasteiger partial charge in [-0.05, 0) is 31.5 Å². The van der Waals surface area contributed by atoms with Gasteiger partial charge >= 0.3 is 0 Å². The van der Waals surface area contributed by atoms with Crippen molar-refractivity contribution in [2.24, 2.45) is 0 Å². The van der Waals surface area contributed by atoms with Gasteiger partial charge in [-0.15, -0.1) is 15.3 Å². The SMILES string of the molecule is CCCOc1ccccc1C1CC(=O)Nc2c1c(C)nn2-c1ccc2nncn2n1. The number of nitrogens with one attached hydrogen (secondary N) is 1. The molecule has 1 N–H and O–H groups in total. The van der Waals surface area contributed by atoms with Gasteiger partial charge in [-0.3, -0.25) is 4.79 Å². The number of nitrogens with zero attached hydrogens (tertiary/aromatic N) is 6. The third-order valence-corrected chi connectivity index (χ3v) is 5.22. The molecule has 1 unspecified atom stereocenters. The molecule has 0 radical (unpaired) electrons. The zero-order valence-electron chi connectivity index (χ0n) is 16.7. The van der Waals surface area contributed by atoms with Crippen LogP contribution in [0.2, 0.25) is 0 Å². The van der Waals surface area contributed by atoms with E-state index >= 15 is 0 Å². The molecule has 9 heteroatoms. The summed E-state index contributed by atoms with van der Waals surface area (Å²) in [5.74, 6) is 1.81. The van der Waals surface area contributed by atoms with Crippen LogP contribution in [-0.2, 0) is 4.79 Å². The van der Waals surface area contributed by atoms with Gasteiger partial charge in [0.15, 0.2) is 11.5 Å². The van der Waals surface area contributed by atoms with E-state index in [1.165, 1.54) is 6.33 Å². The second-order valence-corrected chi connectivity index (χ2v) is 7.28. The summed E-state index contributed by atoms with van der Waals surface area (Å²) >= 11 is 0. The average Bonchev–Trinajstić information content (AvgIpc) is 3.35. The van der Waals surface area contributed by atoms with Crippen LogP contribution in [0.25, 0.3) is 11.5 Å². The molecule has 30 heavy (non-hydrogen) atoms. The van der Waals surface area contributed by atoms with Crippen LogP contribution < -0.4 is 10.1 Å². The van der Waals surface area contributed by atoms with E-state index in [4.69, 9.17) is 9.84 Å². The standard InChI is InChI=1S/C21H21N7O2/c1-3-10-30-16-7-5-4-6-14(16)15-11-19(29)23-21-20(15)13(2)25-28(21)18-9-8-17-24-22-12-27(17)26-18/h4-9,12,15H,3,10-11H2,1-2H3,(H,23,29). The summed E-state index contributed by atoms with van der Waals surface area (Å²) in [6.07, 6.45) is 2.78. The molecular formula is C21H21N7O2. The maximum absolute atomic E-state index is 12.7. The van der Waals surface area contributed by atoms with Crippen LogP contribution in [0.5, 0.6) is 5.75 Å². The number of carbonyl (C=O) groups excluding carboxylic acids is 1. The van der Waals surface area contributed by atoms with Crippen LogP contribution >= 0.6 is 0 Å². The Hall–Kier alpha value is -3.75. The molecule has 4 aromatic rings. The summed E-state index contributed by atoms with van der Waals surface area (Å²) in [4.78, 5) is 12.7.